The molecule has 0 unspecified atom stereocenters. The molecule has 2 heterocycles. The van der Waals surface area contributed by atoms with E-state index in [1.54, 1.807) is 7.11 Å². The van der Waals surface area contributed by atoms with Crippen molar-refractivity contribution in [2.24, 2.45) is 5.92 Å². The lowest BCUT2D eigenvalue weighted by atomic mass is 9.86. The van der Waals surface area contributed by atoms with E-state index in [0.29, 0.717) is 17.7 Å². The molecule has 180 valence electrons. The number of aromatic nitrogens is 2. The number of nitrogens with zero attached hydrogens (tertiary/aromatic N) is 3. The van der Waals surface area contributed by atoms with E-state index in [-0.39, 0.29) is 6.79 Å². The van der Waals surface area contributed by atoms with E-state index in [9.17, 15) is 0 Å². The molecule has 34 heavy (non-hydrogen) atoms. The number of methoxy groups -OCH3 is 1. The summed E-state index contributed by atoms with van der Waals surface area (Å²) >= 11 is 0. The standard InChI is InChI=1S/C26H33N5O3/c1-31(2)25-20-6-4-5-7-21(20)29-26(30-25)28-19-10-8-17(9-11-19)14-27-15-18-12-22(32-3)24-23(13-18)33-16-34-24/h4-7,12-13,17,19,27H,8-11,14-16H2,1-3H3,(H,28,29,30)/t17-,19+. The van der Waals surface area contributed by atoms with Crippen molar-refractivity contribution < 1.29 is 14.2 Å². The maximum absolute atomic E-state index is 5.53. The zero-order valence-electron chi connectivity index (χ0n) is 20.1. The second-order valence-electron chi connectivity index (χ2n) is 9.31. The van der Waals surface area contributed by atoms with Gasteiger partial charge in [0.1, 0.15) is 5.82 Å². The Morgan fingerprint density at radius 1 is 1.06 bits per heavy atom. The monoisotopic (exact) mass is 463 g/mol. The fraction of sp³-hybridized carbons (Fsp3) is 0.462. The first-order valence-corrected chi connectivity index (χ1v) is 12.0. The third kappa shape index (κ3) is 4.82. The molecule has 5 rings (SSSR count). The van der Waals surface area contributed by atoms with E-state index >= 15 is 0 Å². The minimum Gasteiger partial charge on any atom is -0.493 e. The molecule has 0 amide bonds. The van der Waals surface area contributed by atoms with Crippen LogP contribution in [0.2, 0.25) is 0 Å². The SMILES string of the molecule is COc1cc(CNC[C@H]2CC[C@@H](Nc3nc(N(C)C)c4ccccc4n3)CC2)cc2c1OCO2. The smallest absolute Gasteiger partial charge is 0.231 e. The molecule has 0 spiro atoms. The first-order valence-electron chi connectivity index (χ1n) is 12.0. The number of benzene rings is 2. The molecule has 0 bridgehead atoms. The molecule has 1 aliphatic carbocycles. The zero-order chi connectivity index (χ0) is 23.5. The molecule has 0 saturated heterocycles. The van der Waals surface area contributed by atoms with Crippen LogP contribution < -0.4 is 29.7 Å². The number of anilines is 2. The third-order valence-corrected chi connectivity index (χ3v) is 6.67. The molecule has 8 nitrogen and oxygen atoms in total. The summed E-state index contributed by atoms with van der Waals surface area (Å²) in [7, 11) is 5.71. The van der Waals surface area contributed by atoms with Gasteiger partial charge in [-0.1, -0.05) is 12.1 Å². The van der Waals surface area contributed by atoms with Crippen LogP contribution in [0.3, 0.4) is 0 Å². The molecule has 3 aromatic rings. The van der Waals surface area contributed by atoms with Crippen molar-refractivity contribution in [3.05, 3.63) is 42.0 Å². The van der Waals surface area contributed by atoms with Crippen LogP contribution in [-0.2, 0) is 6.54 Å². The third-order valence-electron chi connectivity index (χ3n) is 6.67. The van der Waals surface area contributed by atoms with Gasteiger partial charge in [-0.2, -0.15) is 4.98 Å². The van der Waals surface area contributed by atoms with Gasteiger partial charge in [-0.3, -0.25) is 0 Å². The fourth-order valence-corrected chi connectivity index (χ4v) is 4.87. The molecule has 1 aromatic heterocycles. The predicted octanol–water partition coefficient (Wildman–Crippen LogP) is 4.19. The molecule has 2 aliphatic rings. The van der Waals surface area contributed by atoms with Crippen LogP contribution in [-0.4, -0.2) is 50.6 Å². The molecule has 8 heteroatoms. The van der Waals surface area contributed by atoms with E-state index in [1.165, 1.54) is 12.8 Å². The average Bonchev–Trinajstić information content (AvgIpc) is 3.33. The summed E-state index contributed by atoms with van der Waals surface area (Å²) in [5.74, 6) is 4.53. The Hall–Kier alpha value is -3.26. The minimum atomic E-state index is 0.251. The molecule has 2 aromatic carbocycles. The van der Waals surface area contributed by atoms with Gasteiger partial charge in [0.2, 0.25) is 18.5 Å². The Bertz CT molecular complexity index is 1140. The molecule has 2 N–H and O–H groups in total. The predicted molar refractivity (Wildman–Crippen MR) is 134 cm³/mol. The highest BCUT2D eigenvalue weighted by Crippen LogP contribution is 2.41. The number of rotatable bonds is 8. The number of para-hydroxylation sites is 1. The van der Waals surface area contributed by atoms with Crippen molar-refractivity contribution in [1.29, 1.82) is 0 Å². The van der Waals surface area contributed by atoms with Gasteiger partial charge in [0.15, 0.2) is 11.5 Å². The Balaban J connectivity index is 1.13. The minimum absolute atomic E-state index is 0.251. The Morgan fingerprint density at radius 2 is 1.88 bits per heavy atom. The van der Waals surface area contributed by atoms with E-state index in [2.05, 4.69) is 16.7 Å². The summed E-state index contributed by atoms with van der Waals surface area (Å²) < 4.78 is 16.5. The van der Waals surface area contributed by atoms with Crippen LogP contribution in [0.4, 0.5) is 11.8 Å². The lowest BCUT2D eigenvalue weighted by molar-refractivity contribution is 0.171. The van der Waals surface area contributed by atoms with Crippen LogP contribution in [0.15, 0.2) is 36.4 Å². The highest BCUT2D eigenvalue weighted by molar-refractivity contribution is 5.90. The first kappa shape index (κ1) is 22.5. The maximum Gasteiger partial charge on any atom is 0.231 e. The molecule has 1 aliphatic heterocycles. The highest BCUT2D eigenvalue weighted by atomic mass is 16.7. The van der Waals surface area contributed by atoms with Crippen molar-refractivity contribution in [3.8, 4) is 17.2 Å². The molecule has 1 saturated carbocycles. The number of nitrogens with one attached hydrogen (secondary N) is 2. The molecule has 1 fully saturated rings. The van der Waals surface area contributed by atoms with Gasteiger partial charge in [-0.25, -0.2) is 4.98 Å². The van der Waals surface area contributed by atoms with Crippen molar-refractivity contribution in [2.45, 2.75) is 38.3 Å². The Kier molecular flexibility index (Phi) is 6.58. The van der Waals surface area contributed by atoms with Crippen LogP contribution in [0.5, 0.6) is 17.2 Å². The number of fused-ring (bicyclic) bond motifs is 2. The van der Waals surface area contributed by atoms with Gasteiger partial charge < -0.3 is 29.7 Å². The van der Waals surface area contributed by atoms with Crippen molar-refractivity contribution >= 4 is 22.7 Å². The van der Waals surface area contributed by atoms with Crippen LogP contribution in [0.25, 0.3) is 10.9 Å². The van der Waals surface area contributed by atoms with E-state index in [4.69, 9.17) is 24.2 Å². The normalized spacial score (nSPS) is 19.3. The maximum atomic E-state index is 5.53. The van der Waals surface area contributed by atoms with Gasteiger partial charge in [-0.15, -0.1) is 0 Å². The van der Waals surface area contributed by atoms with Crippen LogP contribution in [0.1, 0.15) is 31.2 Å². The molecular formula is C26H33N5O3. The summed E-state index contributed by atoms with van der Waals surface area (Å²) in [6.07, 6.45) is 4.61. The van der Waals surface area contributed by atoms with Crippen LogP contribution >= 0.6 is 0 Å². The average molecular weight is 464 g/mol. The van der Waals surface area contributed by atoms with Gasteiger partial charge in [0.25, 0.3) is 0 Å². The fourth-order valence-electron chi connectivity index (χ4n) is 4.87. The topological polar surface area (TPSA) is 80.8 Å². The first-order chi connectivity index (χ1) is 16.6. The van der Waals surface area contributed by atoms with Crippen LogP contribution in [0, 0.1) is 5.92 Å². The van der Waals surface area contributed by atoms with Gasteiger partial charge in [0.05, 0.1) is 12.6 Å². The van der Waals surface area contributed by atoms with Gasteiger partial charge in [0, 0.05) is 32.1 Å². The second-order valence-corrected chi connectivity index (χ2v) is 9.31. The summed E-state index contributed by atoms with van der Waals surface area (Å²) in [5, 5.41) is 8.29. The van der Waals surface area contributed by atoms with Crippen molar-refractivity contribution in [2.75, 3.05) is 44.8 Å². The summed E-state index contributed by atoms with van der Waals surface area (Å²) in [6, 6.07) is 12.6. The number of hydrogen-bond donors (Lipinski definition) is 2. The summed E-state index contributed by atoms with van der Waals surface area (Å²) in [6.45, 7) is 2.03. The van der Waals surface area contributed by atoms with E-state index < -0.39 is 0 Å². The molecule has 0 radical (unpaired) electrons. The van der Waals surface area contributed by atoms with E-state index in [1.807, 2.05) is 49.3 Å². The number of ether oxygens (including phenoxy) is 3. The summed E-state index contributed by atoms with van der Waals surface area (Å²) in [5.41, 5.74) is 2.11. The van der Waals surface area contributed by atoms with Gasteiger partial charge >= 0.3 is 0 Å². The Morgan fingerprint density at radius 3 is 2.68 bits per heavy atom. The quantitative estimate of drug-likeness (QED) is 0.515. The van der Waals surface area contributed by atoms with Crippen molar-refractivity contribution in [3.63, 3.8) is 0 Å². The van der Waals surface area contributed by atoms with Gasteiger partial charge in [-0.05, 0) is 68.0 Å². The Labute approximate surface area is 200 Å². The largest absolute Gasteiger partial charge is 0.493 e. The molecular weight excluding hydrogens is 430 g/mol. The number of hydrogen-bond acceptors (Lipinski definition) is 8. The van der Waals surface area contributed by atoms with Crippen molar-refractivity contribution in [1.82, 2.24) is 15.3 Å². The lowest BCUT2D eigenvalue weighted by Crippen LogP contribution is -2.31. The highest BCUT2D eigenvalue weighted by Gasteiger charge is 2.23. The lowest BCUT2D eigenvalue weighted by Gasteiger charge is -2.29. The second kappa shape index (κ2) is 9.93. The van der Waals surface area contributed by atoms with E-state index in [0.717, 1.165) is 65.7 Å². The summed E-state index contributed by atoms with van der Waals surface area (Å²) in [4.78, 5) is 11.6. The zero-order valence-corrected chi connectivity index (χ0v) is 20.1. The molecule has 0 atom stereocenters.